The Morgan fingerprint density at radius 1 is 1.08 bits per heavy atom. The second-order valence-corrected chi connectivity index (χ2v) is 6.87. The summed E-state index contributed by atoms with van der Waals surface area (Å²) in [5.41, 5.74) is 3.87. The second-order valence-electron chi connectivity index (χ2n) is 6.87. The molecule has 0 saturated carbocycles. The summed E-state index contributed by atoms with van der Waals surface area (Å²) in [6, 6.07) is 8.93. The van der Waals surface area contributed by atoms with Crippen molar-refractivity contribution in [2.24, 2.45) is 7.05 Å². The molecule has 2 aromatic rings. The highest BCUT2D eigenvalue weighted by molar-refractivity contribution is 5.22. The minimum atomic E-state index is 0.323. The number of aromatic nitrogens is 2. The fourth-order valence-corrected chi connectivity index (χ4v) is 3.32. The Bertz CT molecular complexity index is 627. The Hall–Kier alpha value is -1.69. The average molecular weight is 328 g/mol. The summed E-state index contributed by atoms with van der Waals surface area (Å²) in [6.45, 7) is 9.04. The maximum Gasteiger partial charge on any atom is 0.0945 e. The third kappa shape index (κ3) is 4.66. The zero-order chi connectivity index (χ0) is 16.9. The monoisotopic (exact) mass is 328 g/mol. The number of hydrogen-bond donors (Lipinski definition) is 1. The fraction of sp³-hybridized carbons (Fsp3) is 0.526. The topological polar surface area (TPSA) is 42.3 Å². The summed E-state index contributed by atoms with van der Waals surface area (Å²) in [6.07, 6.45) is 4.38. The number of aryl methyl sites for hydroxylation is 1. The normalized spacial score (nSPS) is 22.0. The van der Waals surface area contributed by atoms with Crippen molar-refractivity contribution in [1.82, 2.24) is 19.8 Å². The summed E-state index contributed by atoms with van der Waals surface area (Å²) in [4.78, 5) is 6.62. The molecule has 5 heteroatoms. The molecule has 0 bridgehead atoms. The molecule has 1 N–H and O–H groups in total. The van der Waals surface area contributed by atoms with Gasteiger partial charge in [-0.25, -0.2) is 4.98 Å². The van der Waals surface area contributed by atoms with Gasteiger partial charge in [-0.3, -0.25) is 4.90 Å². The Balaban J connectivity index is 1.47. The molecule has 1 aliphatic heterocycles. The lowest BCUT2D eigenvalue weighted by molar-refractivity contribution is -0.0704. The number of morpholine rings is 1. The van der Waals surface area contributed by atoms with E-state index in [0.717, 1.165) is 32.7 Å². The van der Waals surface area contributed by atoms with Crippen LogP contribution in [-0.4, -0.2) is 39.7 Å². The Morgan fingerprint density at radius 3 is 2.38 bits per heavy atom. The molecule has 130 valence electrons. The number of rotatable bonds is 6. The number of ether oxygens (including phenoxy) is 1. The van der Waals surface area contributed by atoms with Crippen LogP contribution in [0.2, 0.25) is 0 Å². The molecule has 2 atom stereocenters. The van der Waals surface area contributed by atoms with Crippen molar-refractivity contribution in [2.45, 2.75) is 45.7 Å². The molecular formula is C19H28N4O. The molecule has 3 rings (SSSR count). The Labute approximate surface area is 144 Å². The zero-order valence-electron chi connectivity index (χ0n) is 14.9. The van der Waals surface area contributed by atoms with Gasteiger partial charge in [-0.05, 0) is 25.0 Å². The average Bonchev–Trinajstić information content (AvgIpc) is 2.93. The molecule has 1 saturated heterocycles. The summed E-state index contributed by atoms with van der Waals surface area (Å²) in [7, 11) is 2.02. The molecule has 1 fully saturated rings. The van der Waals surface area contributed by atoms with Gasteiger partial charge in [0.05, 0.1) is 24.2 Å². The van der Waals surface area contributed by atoms with Gasteiger partial charge in [0.15, 0.2) is 0 Å². The van der Waals surface area contributed by atoms with Crippen LogP contribution >= 0.6 is 0 Å². The second kappa shape index (κ2) is 7.92. The van der Waals surface area contributed by atoms with Crippen molar-refractivity contribution in [3.05, 3.63) is 53.6 Å². The highest BCUT2D eigenvalue weighted by atomic mass is 16.5. The molecule has 1 aromatic heterocycles. The fourth-order valence-electron chi connectivity index (χ4n) is 3.32. The molecule has 5 nitrogen and oxygen atoms in total. The Morgan fingerprint density at radius 2 is 1.75 bits per heavy atom. The zero-order valence-corrected chi connectivity index (χ0v) is 14.9. The van der Waals surface area contributed by atoms with E-state index in [4.69, 9.17) is 4.74 Å². The maximum atomic E-state index is 5.80. The molecule has 1 aliphatic rings. The standard InChI is InChI=1S/C19H28N4O/c1-15-11-23(12-16(2)24-15)13-18-6-4-17(5-7-18)8-20-9-19-10-21-14-22(19)3/h4-7,10,14-16,20H,8-9,11-13H2,1-3H3. The van der Waals surface area contributed by atoms with Gasteiger partial charge in [-0.2, -0.15) is 0 Å². The van der Waals surface area contributed by atoms with E-state index in [-0.39, 0.29) is 0 Å². The number of hydrogen-bond acceptors (Lipinski definition) is 4. The predicted molar refractivity (Wildman–Crippen MR) is 95.5 cm³/mol. The van der Waals surface area contributed by atoms with Crippen LogP contribution in [0.1, 0.15) is 30.7 Å². The van der Waals surface area contributed by atoms with E-state index in [1.807, 2.05) is 24.1 Å². The van der Waals surface area contributed by atoms with Crippen LogP contribution in [0, 0.1) is 0 Å². The first-order valence-corrected chi connectivity index (χ1v) is 8.71. The van der Waals surface area contributed by atoms with Gasteiger partial charge in [0.25, 0.3) is 0 Å². The summed E-state index contributed by atoms with van der Waals surface area (Å²) in [5.74, 6) is 0. The molecule has 0 aliphatic carbocycles. The lowest BCUT2D eigenvalue weighted by Gasteiger charge is -2.35. The van der Waals surface area contributed by atoms with E-state index in [2.05, 4.69) is 53.3 Å². The summed E-state index contributed by atoms with van der Waals surface area (Å²) < 4.78 is 7.84. The van der Waals surface area contributed by atoms with E-state index in [1.165, 1.54) is 16.8 Å². The van der Waals surface area contributed by atoms with Crippen molar-refractivity contribution >= 4 is 0 Å². The molecule has 0 radical (unpaired) electrons. The van der Waals surface area contributed by atoms with Crippen LogP contribution < -0.4 is 5.32 Å². The van der Waals surface area contributed by atoms with Crippen LogP contribution in [0.25, 0.3) is 0 Å². The van der Waals surface area contributed by atoms with E-state index < -0.39 is 0 Å². The van der Waals surface area contributed by atoms with Crippen molar-refractivity contribution < 1.29 is 4.74 Å². The minimum absolute atomic E-state index is 0.323. The third-order valence-electron chi connectivity index (χ3n) is 4.48. The van der Waals surface area contributed by atoms with Crippen LogP contribution in [0.4, 0.5) is 0 Å². The number of nitrogens with one attached hydrogen (secondary N) is 1. The molecule has 2 unspecified atom stereocenters. The number of benzene rings is 1. The van der Waals surface area contributed by atoms with Crippen LogP contribution in [-0.2, 0) is 31.4 Å². The SMILES string of the molecule is CC1CN(Cc2ccc(CNCc3cncn3C)cc2)CC(C)O1. The van der Waals surface area contributed by atoms with Crippen molar-refractivity contribution in [2.75, 3.05) is 13.1 Å². The lowest BCUT2D eigenvalue weighted by atomic mass is 10.1. The lowest BCUT2D eigenvalue weighted by Crippen LogP contribution is -2.44. The van der Waals surface area contributed by atoms with Crippen LogP contribution in [0.5, 0.6) is 0 Å². The molecule has 0 spiro atoms. The molecule has 24 heavy (non-hydrogen) atoms. The number of nitrogens with zero attached hydrogens (tertiary/aromatic N) is 3. The largest absolute Gasteiger partial charge is 0.373 e. The van der Waals surface area contributed by atoms with Gasteiger partial charge in [0.1, 0.15) is 0 Å². The first-order chi connectivity index (χ1) is 11.6. The van der Waals surface area contributed by atoms with E-state index in [1.54, 1.807) is 0 Å². The quantitative estimate of drug-likeness (QED) is 0.884. The van der Waals surface area contributed by atoms with Crippen molar-refractivity contribution in [1.29, 1.82) is 0 Å². The van der Waals surface area contributed by atoms with Crippen LogP contribution in [0.15, 0.2) is 36.8 Å². The summed E-state index contributed by atoms with van der Waals surface area (Å²) >= 11 is 0. The molecule has 2 heterocycles. The first-order valence-electron chi connectivity index (χ1n) is 8.71. The van der Waals surface area contributed by atoms with Crippen LogP contribution in [0.3, 0.4) is 0 Å². The third-order valence-corrected chi connectivity index (χ3v) is 4.48. The van der Waals surface area contributed by atoms with E-state index in [9.17, 15) is 0 Å². The van der Waals surface area contributed by atoms with Gasteiger partial charge in [-0.1, -0.05) is 24.3 Å². The van der Waals surface area contributed by atoms with Crippen molar-refractivity contribution in [3.63, 3.8) is 0 Å². The van der Waals surface area contributed by atoms with Gasteiger partial charge >= 0.3 is 0 Å². The van der Waals surface area contributed by atoms with E-state index >= 15 is 0 Å². The smallest absolute Gasteiger partial charge is 0.0945 e. The van der Waals surface area contributed by atoms with E-state index in [0.29, 0.717) is 12.2 Å². The van der Waals surface area contributed by atoms with Crippen molar-refractivity contribution in [3.8, 4) is 0 Å². The molecule has 0 amide bonds. The summed E-state index contributed by atoms with van der Waals surface area (Å²) in [5, 5.41) is 3.47. The molecular weight excluding hydrogens is 300 g/mol. The maximum absolute atomic E-state index is 5.80. The molecule has 1 aromatic carbocycles. The predicted octanol–water partition coefficient (Wildman–Crippen LogP) is 2.32. The highest BCUT2D eigenvalue weighted by Crippen LogP contribution is 2.14. The van der Waals surface area contributed by atoms with Gasteiger partial charge in [0, 0.05) is 46.0 Å². The minimum Gasteiger partial charge on any atom is -0.373 e. The number of imidazole rings is 1. The van der Waals surface area contributed by atoms with Gasteiger partial charge in [-0.15, -0.1) is 0 Å². The first kappa shape index (κ1) is 17.1. The van der Waals surface area contributed by atoms with Gasteiger partial charge < -0.3 is 14.6 Å². The van der Waals surface area contributed by atoms with Gasteiger partial charge in [0.2, 0.25) is 0 Å². The Kier molecular flexibility index (Phi) is 5.66. The highest BCUT2D eigenvalue weighted by Gasteiger charge is 2.21.